The summed E-state index contributed by atoms with van der Waals surface area (Å²) in [6.45, 7) is 9.79. The molecule has 25 heavy (non-hydrogen) atoms. The van der Waals surface area contributed by atoms with Crippen LogP contribution in [-0.4, -0.2) is 49.6 Å². The molecule has 2 rings (SSSR count). The molecular weight excluding hydrogens is 430 g/mol. The first kappa shape index (κ1) is 22.2. The molecule has 2 unspecified atom stereocenters. The van der Waals surface area contributed by atoms with Crippen LogP contribution in [-0.2, 0) is 6.42 Å². The van der Waals surface area contributed by atoms with E-state index in [0.29, 0.717) is 18.0 Å². The summed E-state index contributed by atoms with van der Waals surface area (Å²) in [6.07, 6.45) is 1.81. The van der Waals surface area contributed by atoms with Crippen molar-refractivity contribution >= 4 is 29.9 Å². The third kappa shape index (κ3) is 7.09. The largest absolute Gasteiger partial charge is 0.356 e. The van der Waals surface area contributed by atoms with Gasteiger partial charge in [0.1, 0.15) is 5.82 Å². The van der Waals surface area contributed by atoms with E-state index in [-0.39, 0.29) is 29.8 Å². The number of hydrogen-bond acceptors (Lipinski definition) is 2. The molecule has 1 fully saturated rings. The summed E-state index contributed by atoms with van der Waals surface area (Å²) >= 11 is 0. The van der Waals surface area contributed by atoms with Gasteiger partial charge in [-0.1, -0.05) is 19.1 Å². The summed E-state index contributed by atoms with van der Waals surface area (Å²) in [5.74, 6) is 1.30. The Morgan fingerprint density at radius 1 is 1.36 bits per heavy atom. The van der Waals surface area contributed by atoms with E-state index in [1.807, 2.05) is 13.1 Å². The van der Waals surface area contributed by atoms with Gasteiger partial charge in [0.25, 0.3) is 0 Å². The minimum atomic E-state index is -0.164. The summed E-state index contributed by atoms with van der Waals surface area (Å²) in [6, 6.07) is 7.84. The summed E-state index contributed by atoms with van der Waals surface area (Å²) in [7, 11) is 1.81. The Morgan fingerprint density at radius 2 is 2.12 bits per heavy atom. The van der Waals surface area contributed by atoms with Gasteiger partial charge in [0, 0.05) is 38.8 Å². The fraction of sp³-hybridized carbons (Fsp3) is 0.632. The van der Waals surface area contributed by atoms with Gasteiger partial charge < -0.3 is 10.6 Å². The van der Waals surface area contributed by atoms with Crippen LogP contribution in [0.25, 0.3) is 0 Å². The molecule has 0 amide bonds. The van der Waals surface area contributed by atoms with E-state index in [0.717, 1.165) is 44.0 Å². The molecule has 2 N–H and O–H groups in total. The Hall–Kier alpha value is -0.890. The van der Waals surface area contributed by atoms with Crippen molar-refractivity contribution in [2.45, 2.75) is 45.7 Å². The van der Waals surface area contributed by atoms with Gasteiger partial charge in [-0.05, 0) is 50.3 Å². The maximum Gasteiger partial charge on any atom is 0.191 e. The zero-order valence-corrected chi connectivity index (χ0v) is 18.1. The maximum atomic E-state index is 13.2. The number of nitrogens with zero attached hydrogens (tertiary/aromatic N) is 2. The monoisotopic (exact) mass is 462 g/mol. The van der Waals surface area contributed by atoms with Crippen molar-refractivity contribution in [1.82, 2.24) is 15.5 Å². The molecule has 1 aliphatic rings. The van der Waals surface area contributed by atoms with E-state index in [4.69, 9.17) is 0 Å². The number of benzene rings is 1. The summed E-state index contributed by atoms with van der Waals surface area (Å²) in [5, 5.41) is 6.92. The molecule has 2 atom stereocenters. The quantitative estimate of drug-likeness (QED) is 0.295. The smallest absolute Gasteiger partial charge is 0.191 e. The fourth-order valence-electron chi connectivity index (χ4n) is 3.18. The van der Waals surface area contributed by atoms with E-state index in [9.17, 15) is 4.39 Å². The molecular formula is C19H32FIN4. The zero-order chi connectivity index (χ0) is 17.5. The number of halogens is 2. The van der Waals surface area contributed by atoms with Crippen molar-refractivity contribution in [2.75, 3.05) is 26.7 Å². The number of hydrogen-bond donors (Lipinski definition) is 2. The third-order valence-electron chi connectivity index (χ3n) is 4.74. The molecule has 1 saturated heterocycles. The topological polar surface area (TPSA) is 39.7 Å². The van der Waals surface area contributed by atoms with Crippen LogP contribution < -0.4 is 10.6 Å². The van der Waals surface area contributed by atoms with E-state index < -0.39 is 0 Å². The Bertz CT molecular complexity index is 550. The van der Waals surface area contributed by atoms with Crippen LogP contribution in [0.15, 0.2) is 29.3 Å². The van der Waals surface area contributed by atoms with Crippen molar-refractivity contribution < 1.29 is 4.39 Å². The average Bonchev–Trinajstić information content (AvgIpc) is 2.91. The number of likely N-dealkylation sites (tertiary alicyclic amines) is 1. The lowest BCUT2D eigenvalue weighted by atomic mass is 10.1. The molecule has 1 heterocycles. The normalized spacial score (nSPS) is 21.3. The van der Waals surface area contributed by atoms with Crippen molar-refractivity contribution in [3.05, 3.63) is 35.6 Å². The van der Waals surface area contributed by atoms with Gasteiger partial charge in [0.2, 0.25) is 0 Å². The molecule has 1 aliphatic heterocycles. The van der Waals surface area contributed by atoms with E-state index >= 15 is 0 Å². The van der Waals surface area contributed by atoms with Crippen molar-refractivity contribution in [3.63, 3.8) is 0 Å². The van der Waals surface area contributed by atoms with E-state index in [1.165, 1.54) is 6.07 Å². The number of nitrogens with one attached hydrogen (secondary N) is 2. The highest BCUT2D eigenvalue weighted by Crippen LogP contribution is 2.18. The highest BCUT2D eigenvalue weighted by atomic mass is 127. The number of guanidine groups is 1. The lowest BCUT2D eigenvalue weighted by molar-refractivity contribution is 0.265. The predicted octanol–water partition coefficient (Wildman–Crippen LogP) is 3.27. The first-order valence-corrected chi connectivity index (χ1v) is 8.95. The SMILES string of the molecule is CN=C(NCCCc1cccc(F)c1)NC1CN(C(C)C)CC1C.I. The standard InChI is InChI=1S/C19H31FN4.HI/c1-14(2)24-12-15(3)18(13-24)23-19(21-4)22-10-6-8-16-7-5-9-17(20)11-16;/h5,7,9,11,14-15,18H,6,8,10,12-13H2,1-4H3,(H2,21,22,23);1H. The fourth-order valence-corrected chi connectivity index (χ4v) is 3.18. The Labute approximate surface area is 168 Å². The van der Waals surface area contributed by atoms with Crippen LogP contribution in [0, 0.1) is 11.7 Å². The van der Waals surface area contributed by atoms with Crippen molar-refractivity contribution in [2.24, 2.45) is 10.9 Å². The van der Waals surface area contributed by atoms with Crippen molar-refractivity contribution in [3.8, 4) is 0 Å². The van der Waals surface area contributed by atoms with Gasteiger partial charge in [-0.3, -0.25) is 9.89 Å². The lowest BCUT2D eigenvalue weighted by Crippen LogP contribution is -2.47. The van der Waals surface area contributed by atoms with E-state index in [2.05, 4.69) is 41.3 Å². The van der Waals surface area contributed by atoms with Gasteiger partial charge in [-0.2, -0.15) is 0 Å². The number of aryl methyl sites for hydroxylation is 1. The summed E-state index contributed by atoms with van der Waals surface area (Å²) < 4.78 is 13.2. The minimum Gasteiger partial charge on any atom is -0.356 e. The second-order valence-corrected chi connectivity index (χ2v) is 7.01. The molecule has 0 radical (unpaired) electrons. The van der Waals surface area contributed by atoms with Crippen LogP contribution >= 0.6 is 24.0 Å². The predicted molar refractivity (Wildman–Crippen MR) is 114 cm³/mol. The minimum absolute atomic E-state index is 0. The lowest BCUT2D eigenvalue weighted by Gasteiger charge is -2.22. The van der Waals surface area contributed by atoms with E-state index in [1.54, 1.807) is 12.1 Å². The maximum absolute atomic E-state index is 13.2. The van der Waals surface area contributed by atoms with Gasteiger partial charge in [0.05, 0.1) is 0 Å². The third-order valence-corrected chi connectivity index (χ3v) is 4.74. The van der Waals surface area contributed by atoms with Crippen LogP contribution in [0.4, 0.5) is 4.39 Å². The second kappa shape index (κ2) is 11.0. The molecule has 0 saturated carbocycles. The van der Waals surface area contributed by atoms with Gasteiger partial charge in [-0.25, -0.2) is 4.39 Å². The molecule has 0 bridgehead atoms. The van der Waals surface area contributed by atoms with Crippen LogP contribution in [0.1, 0.15) is 32.8 Å². The Kier molecular flexibility index (Phi) is 9.71. The first-order chi connectivity index (χ1) is 11.5. The molecule has 0 aliphatic carbocycles. The van der Waals surface area contributed by atoms with Crippen molar-refractivity contribution in [1.29, 1.82) is 0 Å². The molecule has 1 aromatic rings. The summed E-state index contributed by atoms with van der Waals surface area (Å²) in [5.41, 5.74) is 1.04. The average molecular weight is 462 g/mol. The molecule has 0 aromatic heterocycles. The number of aliphatic imine (C=N–C) groups is 1. The highest BCUT2D eigenvalue weighted by Gasteiger charge is 2.31. The first-order valence-electron chi connectivity index (χ1n) is 8.95. The van der Waals surface area contributed by atoms with Gasteiger partial charge in [-0.15, -0.1) is 24.0 Å². The number of rotatable bonds is 6. The second-order valence-electron chi connectivity index (χ2n) is 7.01. The molecule has 1 aromatic carbocycles. The summed E-state index contributed by atoms with van der Waals surface area (Å²) in [4.78, 5) is 6.83. The molecule has 142 valence electrons. The van der Waals surface area contributed by atoms with Crippen LogP contribution in [0.3, 0.4) is 0 Å². The van der Waals surface area contributed by atoms with Gasteiger partial charge in [0.15, 0.2) is 5.96 Å². The van der Waals surface area contributed by atoms with Crippen LogP contribution in [0.5, 0.6) is 0 Å². The highest BCUT2D eigenvalue weighted by molar-refractivity contribution is 14.0. The molecule has 4 nitrogen and oxygen atoms in total. The molecule has 6 heteroatoms. The Morgan fingerprint density at radius 3 is 2.72 bits per heavy atom. The molecule has 0 spiro atoms. The Balaban J connectivity index is 0.00000312. The zero-order valence-electron chi connectivity index (χ0n) is 15.8. The van der Waals surface area contributed by atoms with Gasteiger partial charge >= 0.3 is 0 Å². The van der Waals surface area contributed by atoms with Crippen LogP contribution in [0.2, 0.25) is 0 Å².